The number of hydrogen-bond donors (Lipinski definition) is 3. The van der Waals surface area contributed by atoms with Gasteiger partial charge in [0.25, 0.3) is 5.91 Å². The molecule has 168 valence electrons. The van der Waals surface area contributed by atoms with Crippen LogP contribution in [0.15, 0.2) is 30.5 Å². The summed E-state index contributed by atoms with van der Waals surface area (Å²) in [5.41, 5.74) is 5.72. The number of nitrogens with two attached hydrogens (primary N) is 1. The first-order valence-electron chi connectivity index (χ1n) is 10.3. The minimum Gasteiger partial charge on any atom is -0.484 e. The number of primary amides is 1. The zero-order valence-corrected chi connectivity index (χ0v) is 18.7. The molecule has 0 atom stereocenters. The number of anilines is 3. The lowest BCUT2D eigenvalue weighted by Gasteiger charge is -2.53. The summed E-state index contributed by atoms with van der Waals surface area (Å²) in [6.07, 6.45) is 2.89. The Morgan fingerprint density at radius 3 is 2.42 bits per heavy atom. The Hall–Kier alpha value is -2.94. The maximum atomic E-state index is 14.4. The van der Waals surface area contributed by atoms with Gasteiger partial charge in [-0.1, -0.05) is 0 Å². The van der Waals surface area contributed by atoms with E-state index in [1.807, 2.05) is 0 Å². The number of amides is 1. The number of rotatable bonds is 7. The van der Waals surface area contributed by atoms with Crippen molar-refractivity contribution in [3.05, 3.63) is 36.3 Å². The predicted molar refractivity (Wildman–Crippen MR) is 119 cm³/mol. The van der Waals surface area contributed by atoms with Crippen molar-refractivity contribution in [3.8, 4) is 5.75 Å². The van der Waals surface area contributed by atoms with E-state index >= 15 is 0 Å². The SMILES string of the molecule is CN1C(C)(C)CC(Nc2nc(Nc3ccc(OCC(N)=O)cc3)ncc2F)CC1(C)C. The third-order valence-electron chi connectivity index (χ3n) is 5.88. The molecule has 1 aliphatic rings. The first-order valence-corrected chi connectivity index (χ1v) is 10.3. The van der Waals surface area contributed by atoms with Gasteiger partial charge in [0.05, 0.1) is 6.20 Å². The molecule has 0 radical (unpaired) electrons. The van der Waals surface area contributed by atoms with E-state index in [9.17, 15) is 9.18 Å². The quantitative estimate of drug-likeness (QED) is 0.619. The maximum absolute atomic E-state index is 14.4. The number of carbonyl (C=O) groups excluding carboxylic acids is 1. The van der Waals surface area contributed by atoms with Crippen molar-refractivity contribution in [1.82, 2.24) is 14.9 Å². The molecular formula is C22H31FN6O2. The van der Waals surface area contributed by atoms with E-state index in [1.54, 1.807) is 24.3 Å². The maximum Gasteiger partial charge on any atom is 0.255 e. The second-order valence-corrected chi connectivity index (χ2v) is 9.23. The van der Waals surface area contributed by atoms with Gasteiger partial charge in [-0.25, -0.2) is 9.37 Å². The molecule has 1 aliphatic heterocycles. The molecule has 1 saturated heterocycles. The molecule has 1 fully saturated rings. The number of nitrogens with zero attached hydrogens (tertiary/aromatic N) is 3. The van der Waals surface area contributed by atoms with E-state index in [0.717, 1.165) is 19.0 Å². The van der Waals surface area contributed by atoms with Gasteiger partial charge in [0, 0.05) is 22.8 Å². The molecule has 0 aliphatic carbocycles. The molecule has 3 rings (SSSR count). The van der Waals surface area contributed by atoms with Gasteiger partial charge in [-0.2, -0.15) is 4.98 Å². The monoisotopic (exact) mass is 430 g/mol. The van der Waals surface area contributed by atoms with Crippen LogP contribution in [0, 0.1) is 5.82 Å². The van der Waals surface area contributed by atoms with Crippen LogP contribution in [-0.2, 0) is 4.79 Å². The molecule has 0 spiro atoms. The fourth-order valence-electron chi connectivity index (χ4n) is 4.11. The number of carbonyl (C=O) groups is 1. The van der Waals surface area contributed by atoms with Crippen LogP contribution in [0.1, 0.15) is 40.5 Å². The van der Waals surface area contributed by atoms with Crippen LogP contribution < -0.4 is 21.1 Å². The van der Waals surface area contributed by atoms with Gasteiger partial charge in [-0.3, -0.25) is 9.69 Å². The van der Waals surface area contributed by atoms with Crippen LogP contribution in [0.25, 0.3) is 0 Å². The van der Waals surface area contributed by atoms with Gasteiger partial charge in [0.1, 0.15) is 5.75 Å². The number of nitrogens with one attached hydrogen (secondary N) is 2. The summed E-state index contributed by atoms with van der Waals surface area (Å²) in [6, 6.07) is 6.96. The van der Waals surface area contributed by atoms with Gasteiger partial charge in [0.15, 0.2) is 18.2 Å². The first-order chi connectivity index (χ1) is 14.5. The number of halogens is 1. The highest BCUT2D eigenvalue weighted by molar-refractivity contribution is 5.75. The lowest BCUT2D eigenvalue weighted by Crippen LogP contribution is -2.61. The van der Waals surface area contributed by atoms with Crippen molar-refractivity contribution < 1.29 is 13.9 Å². The van der Waals surface area contributed by atoms with Crippen LogP contribution >= 0.6 is 0 Å². The lowest BCUT2D eigenvalue weighted by molar-refractivity contribution is -0.119. The van der Waals surface area contributed by atoms with E-state index in [1.165, 1.54) is 0 Å². The van der Waals surface area contributed by atoms with Gasteiger partial charge < -0.3 is 21.1 Å². The van der Waals surface area contributed by atoms with Crippen molar-refractivity contribution >= 4 is 23.4 Å². The molecule has 1 amide bonds. The number of benzene rings is 1. The molecule has 0 unspecified atom stereocenters. The summed E-state index contributed by atoms with van der Waals surface area (Å²) in [7, 11) is 2.13. The second kappa shape index (κ2) is 8.66. The summed E-state index contributed by atoms with van der Waals surface area (Å²) >= 11 is 0. The average Bonchev–Trinajstić information content (AvgIpc) is 2.67. The highest BCUT2D eigenvalue weighted by Crippen LogP contribution is 2.38. The minimum atomic E-state index is -0.543. The number of hydrogen-bond acceptors (Lipinski definition) is 7. The van der Waals surface area contributed by atoms with Crippen LogP contribution in [0.4, 0.5) is 21.8 Å². The normalized spacial score (nSPS) is 18.4. The number of ether oxygens (including phenoxy) is 1. The van der Waals surface area contributed by atoms with Crippen molar-refractivity contribution in [2.45, 2.75) is 57.7 Å². The molecular weight excluding hydrogens is 399 g/mol. The van der Waals surface area contributed by atoms with Crippen molar-refractivity contribution in [2.75, 3.05) is 24.3 Å². The van der Waals surface area contributed by atoms with E-state index in [-0.39, 0.29) is 35.5 Å². The third kappa shape index (κ3) is 5.61. The van der Waals surface area contributed by atoms with Gasteiger partial charge in [-0.15, -0.1) is 0 Å². The van der Waals surface area contributed by atoms with E-state index in [4.69, 9.17) is 10.5 Å². The summed E-state index contributed by atoms with van der Waals surface area (Å²) in [5, 5.41) is 6.34. The Bertz CT molecular complexity index is 914. The van der Waals surface area contributed by atoms with E-state index < -0.39 is 11.7 Å². The largest absolute Gasteiger partial charge is 0.484 e. The fraction of sp³-hybridized carbons (Fsp3) is 0.500. The molecule has 4 N–H and O–H groups in total. The molecule has 9 heteroatoms. The minimum absolute atomic E-state index is 0.0255. The third-order valence-corrected chi connectivity index (χ3v) is 5.88. The van der Waals surface area contributed by atoms with Crippen molar-refractivity contribution in [1.29, 1.82) is 0 Å². The second-order valence-electron chi connectivity index (χ2n) is 9.23. The Morgan fingerprint density at radius 1 is 1.23 bits per heavy atom. The topological polar surface area (TPSA) is 105 Å². The van der Waals surface area contributed by atoms with Gasteiger partial charge >= 0.3 is 0 Å². The predicted octanol–water partition coefficient (Wildman–Crippen LogP) is 3.29. The highest BCUT2D eigenvalue weighted by atomic mass is 19.1. The Balaban J connectivity index is 1.70. The molecule has 2 aromatic rings. The number of piperidine rings is 1. The smallest absolute Gasteiger partial charge is 0.255 e. The Morgan fingerprint density at radius 2 is 1.84 bits per heavy atom. The fourth-order valence-corrected chi connectivity index (χ4v) is 4.11. The van der Waals surface area contributed by atoms with Crippen LogP contribution in [-0.4, -0.2) is 51.5 Å². The lowest BCUT2D eigenvalue weighted by atomic mass is 9.77. The summed E-state index contributed by atoms with van der Waals surface area (Å²) in [4.78, 5) is 21.6. The van der Waals surface area contributed by atoms with Crippen LogP contribution in [0.2, 0.25) is 0 Å². The van der Waals surface area contributed by atoms with Crippen molar-refractivity contribution in [3.63, 3.8) is 0 Å². The average molecular weight is 431 g/mol. The summed E-state index contributed by atoms with van der Waals surface area (Å²) in [6.45, 7) is 8.60. The van der Waals surface area contributed by atoms with Crippen molar-refractivity contribution in [2.24, 2.45) is 5.73 Å². The van der Waals surface area contributed by atoms with Gasteiger partial charge in [-0.05, 0) is 71.8 Å². The zero-order valence-electron chi connectivity index (χ0n) is 18.7. The summed E-state index contributed by atoms with van der Waals surface area (Å²) < 4.78 is 19.7. The Kier molecular flexibility index (Phi) is 6.35. The Labute approximate surface area is 182 Å². The molecule has 0 bridgehead atoms. The zero-order chi connectivity index (χ0) is 22.8. The summed E-state index contributed by atoms with van der Waals surface area (Å²) in [5.74, 6) is -0.0611. The van der Waals surface area contributed by atoms with Crippen LogP contribution in [0.5, 0.6) is 5.75 Å². The van der Waals surface area contributed by atoms with E-state index in [2.05, 4.69) is 60.2 Å². The van der Waals surface area contributed by atoms with Crippen LogP contribution in [0.3, 0.4) is 0 Å². The first kappa shape index (κ1) is 22.7. The molecule has 0 saturated carbocycles. The van der Waals surface area contributed by atoms with Gasteiger partial charge in [0.2, 0.25) is 5.95 Å². The molecule has 2 heterocycles. The molecule has 1 aromatic heterocycles. The molecule has 31 heavy (non-hydrogen) atoms. The molecule has 8 nitrogen and oxygen atoms in total. The standard InChI is InChI=1S/C22H31FN6O2/c1-21(2)10-15(11-22(3,4)29(21)5)26-19-17(23)12-25-20(28-19)27-14-6-8-16(9-7-14)31-13-18(24)30/h6-9,12,15H,10-11,13H2,1-5H3,(H2,24,30)(H2,25,26,27,28). The van der Waals surface area contributed by atoms with E-state index in [0.29, 0.717) is 11.4 Å². The highest BCUT2D eigenvalue weighted by Gasteiger charge is 2.43. The number of likely N-dealkylation sites (tertiary alicyclic amines) is 1. The number of aromatic nitrogens is 2. The molecule has 1 aromatic carbocycles.